The molecule has 0 spiro atoms. The van der Waals surface area contributed by atoms with Crippen LogP contribution < -0.4 is 14.9 Å². The lowest BCUT2D eigenvalue weighted by Crippen LogP contribution is -2.38. The maximum absolute atomic E-state index is 14.2. The van der Waals surface area contributed by atoms with Crippen LogP contribution in [0.15, 0.2) is 125 Å². The van der Waals surface area contributed by atoms with Gasteiger partial charge in [0.2, 0.25) is 0 Å². The minimum atomic E-state index is -0.167. The Morgan fingerprint density at radius 1 is 0.881 bits per heavy atom. The van der Waals surface area contributed by atoms with E-state index in [9.17, 15) is 4.79 Å². The van der Waals surface area contributed by atoms with Gasteiger partial charge in [-0.1, -0.05) is 108 Å². The van der Waals surface area contributed by atoms with E-state index in [1.807, 2.05) is 28.8 Å². The molecule has 6 aromatic rings. The highest BCUT2D eigenvalue weighted by molar-refractivity contribution is 7.07. The SMILES string of the molecule is O=c1/c(=C/c2cn(Cc3ccc(Cl)cc3)c3ccccc23)sc2n1[C@@H](c1ccccc1)C1=C(N=2)c2ccccc2CC1. The van der Waals surface area contributed by atoms with E-state index >= 15 is 0 Å². The van der Waals surface area contributed by atoms with Gasteiger partial charge in [0.15, 0.2) is 4.80 Å². The number of thiazole rings is 1. The number of rotatable bonds is 4. The Labute approximate surface area is 251 Å². The van der Waals surface area contributed by atoms with Gasteiger partial charge in [-0.2, -0.15) is 0 Å². The van der Waals surface area contributed by atoms with Gasteiger partial charge in [0, 0.05) is 39.8 Å². The Kier molecular flexibility index (Phi) is 6.09. The Hall–Kier alpha value is -4.45. The number of para-hydroxylation sites is 1. The minimum Gasteiger partial charge on any atom is -0.342 e. The molecule has 204 valence electrons. The van der Waals surface area contributed by atoms with E-state index in [1.54, 1.807) is 0 Å². The fourth-order valence-corrected chi connectivity index (χ4v) is 7.52. The van der Waals surface area contributed by atoms with Crippen molar-refractivity contribution in [1.29, 1.82) is 0 Å². The summed E-state index contributed by atoms with van der Waals surface area (Å²) in [6.07, 6.45) is 6.03. The summed E-state index contributed by atoms with van der Waals surface area (Å²) in [7, 11) is 0. The summed E-state index contributed by atoms with van der Waals surface area (Å²) in [5.41, 5.74) is 9.19. The molecule has 8 rings (SSSR count). The fourth-order valence-electron chi connectivity index (χ4n) is 6.41. The molecule has 0 saturated carbocycles. The van der Waals surface area contributed by atoms with Crippen molar-refractivity contribution in [3.8, 4) is 0 Å². The normalized spacial score (nSPS) is 16.2. The molecule has 1 aliphatic carbocycles. The van der Waals surface area contributed by atoms with Crippen molar-refractivity contribution in [2.24, 2.45) is 4.99 Å². The molecular weight excluding hydrogens is 558 g/mol. The van der Waals surface area contributed by atoms with Crippen molar-refractivity contribution < 1.29 is 0 Å². The van der Waals surface area contributed by atoms with Gasteiger partial charge in [-0.05, 0) is 59.4 Å². The van der Waals surface area contributed by atoms with Crippen molar-refractivity contribution in [3.05, 3.63) is 167 Å². The second kappa shape index (κ2) is 10.1. The second-order valence-electron chi connectivity index (χ2n) is 10.9. The molecule has 4 nitrogen and oxygen atoms in total. The van der Waals surface area contributed by atoms with E-state index in [2.05, 4.69) is 95.7 Å². The van der Waals surface area contributed by atoms with Crippen LogP contribution >= 0.6 is 22.9 Å². The number of allylic oxidation sites excluding steroid dienone is 1. The standard InChI is InChI=1S/C36H26ClN3OS/c37-27-17-14-23(15-18-27)21-39-22-26(28-11-6-7-13-31(28)39)20-32-35(41)40-34(25-9-2-1-3-10-25)30-19-16-24-8-4-5-12-29(24)33(30)38-36(40)42-32/h1-15,17-18,20,22,34H,16,19,21H2/b32-20-/t34-/m0/s1. The molecule has 4 aromatic carbocycles. The van der Waals surface area contributed by atoms with Gasteiger partial charge in [-0.3, -0.25) is 9.36 Å². The zero-order chi connectivity index (χ0) is 28.2. The minimum absolute atomic E-state index is 0.00699. The third-order valence-corrected chi connectivity index (χ3v) is 9.60. The molecule has 0 radical (unpaired) electrons. The van der Waals surface area contributed by atoms with Crippen LogP contribution in [0.4, 0.5) is 0 Å². The maximum atomic E-state index is 14.2. The predicted molar refractivity (Wildman–Crippen MR) is 172 cm³/mol. The van der Waals surface area contributed by atoms with Crippen molar-refractivity contribution in [2.45, 2.75) is 25.4 Å². The number of fused-ring (bicyclic) bond motifs is 4. The van der Waals surface area contributed by atoms with Gasteiger partial charge in [0.1, 0.15) is 0 Å². The second-order valence-corrected chi connectivity index (χ2v) is 12.3. The number of hydrogen-bond donors (Lipinski definition) is 0. The molecular formula is C36H26ClN3OS. The smallest absolute Gasteiger partial charge is 0.271 e. The first kappa shape index (κ1) is 25.3. The summed E-state index contributed by atoms with van der Waals surface area (Å²) in [6, 6.07) is 35.1. The largest absolute Gasteiger partial charge is 0.342 e. The van der Waals surface area contributed by atoms with Crippen LogP contribution in [0.3, 0.4) is 0 Å². The van der Waals surface area contributed by atoms with Crippen molar-refractivity contribution >= 4 is 45.6 Å². The van der Waals surface area contributed by atoms with Crippen LogP contribution in [0, 0.1) is 0 Å². The molecule has 1 atom stereocenters. The summed E-state index contributed by atoms with van der Waals surface area (Å²) in [6.45, 7) is 0.715. The maximum Gasteiger partial charge on any atom is 0.271 e. The van der Waals surface area contributed by atoms with Crippen LogP contribution in [0.5, 0.6) is 0 Å². The van der Waals surface area contributed by atoms with Crippen molar-refractivity contribution in [1.82, 2.24) is 9.13 Å². The molecule has 0 saturated heterocycles. The van der Waals surface area contributed by atoms with Crippen LogP contribution in [-0.2, 0) is 13.0 Å². The molecule has 0 unspecified atom stereocenters. The van der Waals surface area contributed by atoms with Gasteiger partial charge in [0.25, 0.3) is 5.56 Å². The Morgan fingerprint density at radius 2 is 1.64 bits per heavy atom. The van der Waals surface area contributed by atoms with Crippen molar-refractivity contribution in [3.63, 3.8) is 0 Å². The summed E-state index contributed by atoms with van der Waals surface area (Å²) in [4.78, 5) is 20.1. The fraction of sp³-hybridized carbons (Fsp3) is 0.111. The molecule has 0 N–H and O–H groups in total. The lowest BCUT2D eigenvalue weighted by molar-refractivity contribution is 0.585. The summed E-state index contributed by atoms with van der Waals surface area (Å²) in [5.74, 6) is 0. The van der Waals surface area contributed by atoms with E-state index in [0.717, 1.165) is 50.4 Å². The van der Waals surface area contributed by atoms with Crippen LogP contribution in [0.2, 0.25) is 5.02 Å². The lowest BCUT2D eigenvalue weighted by atomic mass is 9.83. The zero-order valence-corrected chi connectivity index (χ0v) is 24.3. The highest BCUT2D eigenvalue weighted by Crippen LogP contribution is 2.41. The van der Waals surface area contributed by atoms with E-state index < -0.39 is 0 Å². The highest BCUT2D eigenvalue weighted by Gasteiger charge is 2.32. The molecule has 1 aliphatic heterocycles. The van der Waals surface area contributed by atoms with E-state index in [0.29, 0.717) is 11.1 Å². The number of hydrogen-bond acceptors (Lipinski definition) is 3. The van der Waals surface area contributed by atoms with Crippen molar-refractivity contribution in [2.75, 3.05) is 0 Å². The third kappa shape index (κ3) is 4.20. The monoisotopic (exact) mass is 583 g/mol. The molecule has 0 amide bonds. The first-order valence-electron chi connectivity index (χ1n) is 14.1. The Bertz CT molecular complexity index is 2200. The first-order valence-corrected chi connectivity index (χ1v) is 15.3. The topological polar surface area (TPSA) is 39.3 Å². The first-order chi connectivity index (χ1) is 20.6. The van der Waals surface area contributed by atoms with Gasteiger partial charge < -0.3 is 4.57 Å². The van der Waals surface area contributed by atoms with Crippen LogP contribution in [0.25, 0.3) is 22.7 Å². The average Bonchev–Trinajstić information content (AvgIpc) is 3.53. The van der Waals surface area contributed by atoms with Gasteiger partial charge in [-0.15, -0.1) is 0 Å². The number of benzene rings is 4. The molecule has 42 heavy (non-hydrogen) atoms. The lowest BCUT2D eigenvalue weighted by Gasteiger charge is -2.30. The molecule has 2 aromatic heterocycles. The van der Waals surface area contributed by atoms with E-state index in [1.165, 1.54) is 33.6 Å². The van der Waals surface area contributed by atoms with Crippen LogP contribution in [0.1, 0.15) is 40.3 Å². The number of aromatic nitrogens is 2. The Balaban J connectivity index is 1.31. The number of aryl methyl sites for hydroxylation is 1. The van der Waals surface area contributed by atoms with E-state index in [4.69, 9.17) is 16.6 Å². The van der Waals surface area contributed by atoms with Gasteiger partial charge in [0.05, 0.1) is 16.3 Å². The third-order valence-electron chi connectivity index (χ3n) is 8.36. The van der Waals surface area contributed by atoms with Crippen LogP contribution in [-0.4, -0.2) is 9.13 Å². The number of halogens is 1. The highest BCUT2D eigenvalue weighted by atomic mass is 35.5. The summed E-state index contributed by atoms with van der Waals surface area (Å²) < 4.78 is 4.85. The zero-order valence-electron chi connectivity index (χ0n) is 22.7. The summed E-state index contributed by atoms with van der Waals surface area (Å²) >= 11 is 7.60. The quantitative estimate of drug-likeness (QED) is 0.221. The predicted octanol–water partition coefficient (Wildman–Crippen LogP) is 6.98. The molecule has 2 aliphatic rings. The van der Waals surface area contributed by atoms with Gasteiger partial charge in [-0.25, -0.2) is 4.99 Å². The van der Waals surface area contributed by atoms with Gasteiger partial charge >= 0.3 is 0 Å². The number of nitrogens with zero attached hydrogens (tertiary/aromatic N) is 3. The summed E-state index contributed by atoms with van der Waals surface area (Å²) in [5, 5.41) is 1.84. The molecule has 6 heteroatoms. The molecule has 0 fully saturated rings. The average molecular weight is 584 g/mol. The van der Waals surface area contributed by atoms with E-state index in [-0.39, 0.29) is 11.6 Å². The molecule has 3 heterocycles. The Morgan fingerprint density at radius 3 is 2.50 bits per heavy atom. The molecule has 0 bridgehead atoms.